The van der Waals surface area contributed by atoms with Crippen molar-refractivity contribution in [1.82, 2.24) is 10.2 Å². The van der Waals surface area contributed by atoms with Crippen LogP contribution in [0.1, 0.15) is 62.4 Å². The molecule has 2 atom stereocenters. The maximum absolute atomic E-state index is 14.1. The van der Waals surface area contributed by atoms with Crippen molar-refractivity contribution in [3.8, 4) is 5.75 Å². The van der Waals surface area contributed by atoms with E-state index in [0.29, 0.717) is 37.1 Å². The molecular formula is C22H31FN2O4. The van der Waals surface area contributed by atoms with Gasteiger partial charge in [-0.25, -0.2) is 4.39 Å². The second-order valence-corrected chi connectivity index (χ2v) is 8.33. The fraction of sp³-hybridized carbons (Fsp3) is 0.636. The van der Waals surface area contributed by atoms with Crippen molar-refractivity contribution in [2.45, 2.75) is 65.1 Å². The van der Waals surface area contributed by atoms with E-state index < -0.39 is 11.6 Å². The number of ether oxygens (including phenoxy) is 1. The number of hydrogen-bond donors (Lipinski definition) is 2. The van der Waals surface area contributed by atoms with E-state index in [4.69, 9.17) is 4.74 Å². The molecule has 1 aromatic rings. The van der Waals surface area contributed by atoms with E-state index in [9.17, 15) is 19.1 Å². The molecule has 1 fully saturated rings. The van der Waals surface area contributed by atoms with E-state index in [-0.39, 0.29) is 29.5 Å². The summed E-state index contributed by atoms with van der Waals surface area (Å²) in [5.74, 6) is -0.973. The lowest BCUT2D eigenvalue weighted by atomic mass is 9.78. The van der Waals surface area contributed by atoms with Crippen LogP contribution >= 0.6 is 0 Å². The number of phenols is 1. The Hall–Kier alpha value is -2.15. The number of phenolic OH excluding ortho intramolecular Hbond substituents is 1. The number of carbonyl (C=O) groups is 2. The summed E-state index contributed by atoms with van der Waals surface area (Å²) in [6.07, 6.45) is 4.05. The Morgan fingerprint density at radius 1 is 1.31 bits per heavy atom. The molecule has 7 heteroatoms. The Labute approximate surface area is 171 Å². The molecule has 0 aromatic heterocycles. The van der Waals surface area contributed by atoms with Gasteiger partial charge in [0.15, 0.2) is 11.6 Å². The Balaban J connectivity index is 1.49. The molecule has 1 aliphatic carbocycles. The van der Waals surface area contributed by atoms with Crippen LogP contribution in [0.4, 0.5) is 4.39 Å². The number of esters is 1. The Morgan fingerprint density at radius 3 is 2.66 bits per heavy atom. The van der Waals surface area contributed by atoms with Crippen molar-refractivity contribution in [3.05, 3.63) is 29.1 Å². The number of aromatic hydroxyl groups is 1. The molecule has 2 N–H and O–H groups in total. The van der Waals surface area contributed by atoms with Crippen molar-refractivity contribution in [1.29, 1.82) is 0 Å². The van der Waals surface area contributed by atoms with Crippen molar-refractivity contribution < 1.29 is 23.8 Å². The highest BCUT2D eigenvalue weighted by Gasteiger charge is 2.34. The fourth-order valence-electron chi connectivity index (χ4n) is 4.60. The normalized spacial score (nSPS) is 23.6. The Kier molecular flexibility index (Phi) is 6.77. The van der Waals surface area contributed by atoms with Gasteiger partial charge in [0.05, 0.1) is 12.2 Å². The van der Waals surface area contributed by atoms with E-state index in [1.807, 2.05) is 6.92 Å². The summed E-state index contributed by atoms with van der Waals surface area (Å²) in [7, 11) is 0. The summed E-state index contributed by atoms with van der Waals surface area (Å²) in [4.78, 5) is 26.1. The average molecular weight is 406 g/mol. The van der Waals surface area contributed by atoms with Gasteiger partial charge in [0.1, 0.15) is 6.04 Å². The molecule has 6 nitrogen and oxygen atoms in total. The van der Waals surface area contributed by atoms with Gasteiger partial charge in [0.2, 0.25) is 0 Å². The first-order valence-electron chi connectivity index (χ1n) is 10.5. The second-order valence-electron chi connectivity index (χ2n) is 8.33. The summed E-state index contributed by atoms with van der Waals surface area (Å²) >= 11 is 0. The summed E-state index contributed by atoms with van der Waals surface area (Å²) in [6.45, 7) is 7.13. The van der Waals surface area contributed by atoms with Crippen LogP contribution in [0.15, 0.2) is 12.1 Å². The topological polar surface area (TPSA) is 78.9 Å². The molecule has 1 aromatic carbocycles. The van der Waals surface area contributed by atoms with Gasteiger partial charge in [-0.15, -0.1) is 0 Å². The van der Waals surface area contributed by atoms with Crippen molar-refractivity contribution in [2.24, 2.45) is 11.8 Å². The number of amides is 1. The van der Waals surface area contributed by atoms with E-state index >= 15 is 0 Å². The zero-order valence-corrected chi connectivity index (χ0v) is 17.4. The molecule has 0 spiro atoms. The third-order valence-electron chi connectivity index (χ3n) is 6.30. The lowest BCUT2D eigenvalue weighted by Crippen LogP contribution is -2.45. The monoisotopic (exact) mass is 406 g/mol. The largest absolute Gasteiger partial charge is 0.505 e. The quantitative estimate of drug-likeness (QED) is 0.680. The van der Waals surface area contributed by atoms with Gasteiger partial charge < -0.3 is 20.1 Å². The minimum atomic E-state index is -0.811. The Morgan fingerprint density at radius 2 is 2.00 bits per heavy atom. The zero-order valence-electron chi connectivity index (χ0n) is 17.4. The highest BCUT2D eigenvalue weighted by molar-refractivity contribution is 5.99. The van der Waals surface area contributed by atoms with Gasteiger partial charge in [-0.1, -0.05) is 6.07 Å². The molecule has 2 aliphatic rings. The summed E-state index contributed by atoms with van der Waals surface area (Å²) < 4.78 is 19.2. The lowest BCUT2D eigenvalue weighted by molar-refractivity contribution is -0.145. The smallest absolute Gasteiger partial charge is 0.322 e. The number of benzene rings is 1. The molecule has 1 saturated carbocycles. The predicted octanol–water partition coefficient (Wildman–Crippen LogP) is 3.22. The van der Waals surface area contributed by atoms with Crippen LogP contribution < -0.4 is 5.32 Å². The van der Waals surface area contributed by atoms with Crippen LogP contribution in [0.2, 0.25) is 0 Å². The van der Waals surface area contributed by atoms with Gasteiger partial charge in [-0.3, -0.25) is 9.59 Å². The molecule has 1 unspecified atom stereocenters. The molecule has 1 aliphatic heterocycles. The molecule has 29 heavy (non-hydrogen) atoms. The highest BCUT2D eigenvalue weighted by atomic mass is 19.1. The van der Waals surface area contributed by atoms with Crippen LogP contribution in [-0.4, -0.2) is 47.1 Å². The lowest BCUT2D eigenvalue weighted by Gasteiger charge is -2.35. The number of carbonyl (C=O) groups excluding carboxylic acids is 2. The van der Waals surface area contributed by atoms with Gasteiger partial charge >= 0.3 is 5.97 Å². The van der Waals surface area contributed by atoms with Gasteiger partial charge in [-0.2, -0.15) is 0 Å². The van der Waals surface area contributed by atoms with Crippen LogP contribution in [0.3, 0.4) is 0 Å². The summed E-state index contributed by atoms with van der Waals surface area (Å²) in [6, 6.07) is 2.82. The number of nitrogens with zero attached hydrogens (tertiary/aromatic N) is 1. The van der Waals surface area contributed by atoms with E-state index in [1.54, 1.807) is 17.9 Å². The van der Waals surface area contributed by atoms with Crippen LogP contribution in [0.5, 0.6) is 5.75 Å². The van der Waals surface area contributed by atoms with Crippen molar-refractivity contribution in [2.75, 3.05) is 13.2 Å². The average Bonchev–Trinajstić information content (AvgIpc) is 3.01. The number of fused-ring (bicyclic) bond motifs is 1. The fourth-order valence-corrected chi connectivity index (χ4v) is 4.60. The van der Waals surface area contributed by atoms with Crippen molar-refractivity contribution in [3.63, 3.8) is 0 Å². The third-order valence-corrected chi connectivity index (χ3v) is 6.30. The summed E-state index contributed by atoms with van der Waals surface area (Å²) in [5.41, 5.74) is 0.661. The number of rotatable bonds is 7. The first-order valence-corrected chi connectivity index (χ1v) is 10.5. The standard InChI is InChI=1S/C22H31FN2O4/c1-4-29-22(28)14(3)24-13(2)16-7-5-15(6-8-16)11-25-12-17-9-10-18(26)20(23)19(17)21(25)27/h9-10,13-16,24,26H,4-8,11-12H2,1-3H3/t13?,14-,15?,16?/m1/s1. The van der Waals surface area contributed by atoms with Gasteiger partial charge in [0, 0.05) is 19.1 Å². The van der Waals surface area contributed by atoms with Crippen LogP contribution in [0, 0.1) is 17.7 Å². The van der Waals surface area contributed by atoms with Crippen LogP contribution in [-0.2, 0) is 16.1 Å². The molecule has 3 rings (SSSR count). The number of halogens is 1. The molecule has 0 saturated heterocycles. The zero-order chi connectivity index (χ0) is 21.1. The molecule has 1 heterocycles. The minimum absolute atomic E-state index is 0.0180. The second kappa shape index (κ2) is 9.11. The SMILES string of the molecule is CCOC(=O)[C@@H](C)NC(C)C1CCC(CN2Cc3ccc(O)c(F)c3C2=O)CC1. The van der Waals surface area contributed by atoms with E-state index in [0.717, 1.165) is 25.7 Å². The predicted molar refractivity (Wildman–Crippen MR) is 107 cm³/mol. The first-order chi connectivity index (χ1) is 13.8. The molecule has 1 amide bonds. The van der Waals surface area contributed by atoms with Crippen molar-refractivity contribution >= 4 is 11.9 Å². The van der Waals surface area contributed by atoms with Crippen LogP contribution in [0.25, 0.3) is 0 Å². The highest BCUT2D eigenvalue weighted by Crippen LogP contribution is 2.35. The number of hydrogen-bond acceptors (Lipinski definition) is 5. The molecular weight excluding hydrogens is 375 g/mol. The third kappa shape index (κ3) is 4.71. The van der Waals surface area contributed by atoms with Gasteiger partial charge in [-0.05, 0) is 69.9 Å². The Bertz CT molecular complexity index is 761. The minimum Gasteiger partial charge on any atom is -0.505 e. The first kappa shape index (κ1) is 21.6. The van der Waals surface area contributed by atoms with E-state index in [1.165, 1.54) is 6.07 Å². The molecule has 0 bridgehead atoms. The number of nitrogens with one attached hydrogen (secondary N) is 1. The van der Waals surface area contributed by atoms with Gasteiger partial charge in [0.25, 0.3) is 5.91 Å². The summed E-state index contributed by atoms with van der Waals surface area (Å²) in [5, 5.41) is 12.9. The molecule has 160 valence electrons. The maximum atomic E-state index is 14.1. The molecule has 0 radical (unpaired) electrons. The maximum Gasteiger partial charge on any atom is 0.322 e. The van der Waals surface area contributed by atoms with E-state index in [2.05, 4.69) is 12.2 Å².